The molecular weight excluding hydrogens is 312 g/mol. The van der Waals surface area contributed by atoms with E-state index in [4.69, 9.17) is 9.47 Å². The van der Waals surface area contributed by atoms with Crippen LogP contribution >= 0.6 is 0 Å². The van der Waals surface area contributed by atoms with E-state index < -0.39 is 0 Å². The van der Waals surface area contributed by atoms with Crippen LogP contribution in [0.1, 0.15) is 97.3 Å². The molecule has 146 valence electrons. The fourth-order valence-electron chi connectivity index (χ4n) is 2.73. The van der Waals surface area contributed by atoms with Gasteiger partial charge < -0.3 is 9.47 Å². The highest BCUT2D eigenvalue weighted by atomic mass is 16.7. The molecule has 0 radical (unpaired) electrons. The lowest BCUT2D eigenvalue weighted by Crippen LogP contribution is -2.09. The van der Waals surface area contributed by atoms with Crippen molar-refractivity contribution in [3.05, 3.63) is 24.3 Å². The zero-order valence-corrected chi connectivity index (χ0v) is 16.7. The van der Waals surface area contributed by atoms with Crippen LogP contribution in [0.2, 0.25) is 0 Å². The standard InChI is InChI=1S/C22H40O3/c1-4-6-7-8-9-10-11-12-13-14-15-16-17-18-21(3)22(23)25-20-24-19-5-2/h5,18H,2,4,6-17,19-20H2,1,3H3. The van der Waals surface area contributed by atoms with Crippen LogP contribution in [0.5, 0.6) is 0 Å². The van der Waals surface area contributed by atoms with Crippen LogP contribution in [-0.2, 0) is 14.3 Å². The average molecular weight is 353 g/mol. The number of carbonyl (C=O) groups is 1. The van der Waals surface area contributed by atoms with Crippen molar-refractivity contribution >= 4 is 5.97 Å². The molecule has 0 saturated carbocycles. The molecule has 3 heteroatoms. The van der Waals surface area contributed by atoms with Crippen LogP contribution < -0.4 is 0 Å². The minimum absolute atomic E-state index is 0.00532. The first-order valence-corrected chi connectivity index (χ1v) is 10.2. The van der Waals surface area contributed by atoms with Crippen molar-refractivity contribution in [2.45, 2.75) is 97.3 Å². The van der Waals surface area contributed by atoms with Crippen LogP contribution in [0, 0.1) is 0 Å². The van der Waals surface area contributed by atoms with E-state index in [2.05, 4.69) is 13.5 Å². The monoisotopic (exact) mass is 352 g/mol. The van der Waals surface area contributed by atoms with Gasteiger partial charge in [-0.15, -0.1) is 6.58 Å². The summed E-state index contributed by atoms with van der Waals surface area (Å²) in [6.07, 6.45) is 20.8. The minimum Gasteiger partial charge on any atom is -0.435 e. The molecule has 0 saturated heterocycles. The topological polar surface area (TPSA) is 35.5 Å². The summed E-state index contributed by atoms with van der Waals surface area (Å²) in [6.45, 7) is 8.00. The summed E-state index contributed by atoms with van der Waals surface area (Å²) >= 11 is 0. The van der Waals surface area contributed by atoms with E-state index in [0.29, 0.717) is 12.2 Å². The summed E-state index contributed by atoms with van der Waals surface area (Å²) in [5.74, 6) is -0.289. The van der Waals surface area contributed by atoms with Crippen molar-refractivity contribution in [1.29, 1.82) is 0 Å². The molecule has 25 heavy (non-hydrogen) atoms. The van der Waals surface area contributed by atoms with Gasteiger partial charge in [-0.2, -0.15) is 0 Å². The summed E-state index contributed by atoms with van der Waals surface area (Å²) in [7, 11) is 0. The summed E-state index contributed by atoms with van der Waals surface area (Å²) < 4.78 is 10.0. The molecular formula is C22H40O3. The molecule has 0 aliphatic rings. The third-order valence-corrected chi connectivity index (χ3v) is 4.34. The van der Waals surface area contributed by atoms with E-state index in [9.17, 15) is 4.79 Å². The maximum atomic E-state index is 11.7. The Labute approximate surface area is 155 Å². The third kappa shape index (κ3) is 17.5. The molecule has 0 N–H and O–H groups in total. The van der Waals surface area contributed by atoms with Gasteiger partial charge in [-0.3, -0.25) is 0 Å². The van der Waals surface area contributed by atoms with E-state index >= 15 is 0 Å². The Bertz CT molecular complexity index is 347. The average Bonchev–Trinajstić information content (AvgIpc) is 2.62. The Kier molecular flexibility index (Phi) is 18.4. The fourth-order valence-corrected chi connectivity index (χ4v) is 2.73. The Hall–Kier alpha value is -1.09. The van der Waals surface area contributed by atoms with Gasteiger partial charge >= 0.3 is 5.97 Å². The van der Waals surface area contributed by atoms with Crippen LogP contribution in [0.4, 0.5) is 0 Å². The summed E-state index contributed by atoms with van der Waals surface area (Å²) in [6, 6.07) is 0. The van der Waals surface area contributed by atoms with Gasteiger partial charge in [-0.1, -0.05) is 89.7 Å². The Morgan fingerprint density at radius 2 is 1.40 bits per heavy atom. The van der Waals surface area contributed by atoms with E-state index in [-0.39, 0.29) is 12.8 Å². The lowest BCUT2D eigenvalue weighted by atomic mass is 10.0. The predicted molar refractivity (Wildman–Crippen MR) is 107 cm³/mol. The van der Waals surface area contributed by atoms with Crippen molar-refractivity contribution in [1.82, 2.24) is 0 Å². The predicted octanol–water partition coefficient (Wildman–Crippen LogP) is 6.73. The van der Waals surface area contributed by atoms with E-state index in [1.54, 1.807) is 13.0 Å². The van der Waals surface area contributed by atoms with Gasteiger partial charge in [0.05, 0.1) is 6.61 Å². The molecule has 0 spiro atoms. The second kappa shape index (κ2) is 19.2. The Balaban J connectivity index is 3.38. The van der Waals surface area contributed by atoms with Crippen LogP contribution in [0.15, 0.2) is 24.3 Å². The number of allylic oxidation sites excluding steroid dienone is 1. The summed E-state index contributed by atoms with van der Waals surface area (Å²) in [4.78, 5) is 11.7. The van der Waals surface area contributed by atoms with Crippen LogP contribution in [0.3, 0.4) is 0 Å². The van der Waals surface area contributed by atoms with Crippen molar-refractivity contribution < 1.29 is 14.3 Å². The first-order chi connectivity index (χ1) is 12.2. The number of unbranched alkanes of at least 4 members (excludes halogenated alkanes) is 12. The SMILES string of the molecule is C=CCOCOC(=O)C(C)=CCCCCCCCCCCCCCC. The van der Waals surface area contributed by atoms with Gasteiger partial charge in [0.25, 0.3) is 0 Å². The number of hydrogen-bond acceptors (Lipinski definition) is 3. The van der Waals surface area contributed by atoms with Gasteiger partial charge in [0.1, 0.15) is 0 Å². The summed E-state index contributed by atoms with van der Waals surface area (Å²) in [5.41, 5.74) is 0.672. The largest absolute Gasteiger partial charge is 0.435 e. The smallest absolute Gasteiger partial charge is 0.335 e. The molecule has 0 aromatic rings. The van der Waals surface area contributed by atoms with Crippen molar-refractivity contribution in [2.75, 3.05) is 13.4 Å². The highest BCUT2D eigenvalue weighted by Gasteiger charge is 2.04. The second-order valence-electron chi connectivity index (χ2n) is 6.77. The Morgan fingerprint density at radius 1 is 0.880 bits per heavy atom. The molecule has 3 nitrogen and oxygen atoms in total. The van der Waals surface area contributed by atoms with Gasteiger partial charge in [0.15, 0.2) is 6.79 Å². The molecule has 0 rings (SSSR count). The zero-order valence-electron chi connectivity index (χ0n) is 16.7. The third-order valence-electron chi connectivity index (χ3n) is 4.34. The molecule has 0 bridgehead atoms. The van der Waals surface area contributed by atoms with Crippen LogP contribution in [0.25, 0.3) is 0 Å². The molecule has 0 aromatic heterocycles. The van der Waals surface area contributed by atoms with Crippen molar-refractivity contribution in [2.24, 2.45) is 0 Å². The number of esters is 1. The normalized spacial score (nSPS) is 11.5. The number of rotatable bonds is 18. The fraction of sp³-hybridized carbons (Fsp3) is 0.773. The Morgan fingerprint density at radius 3 is 1.92 bits per heavy atom. The van der Waals surface area contributed by atoms with Crippen molar-refractivity contribution in [3.8, 4) is 0 Å². The molecule has 0 amide bonds. The first kappa shape index (κ1) is 23.9. The van der Waals surface area contributed by atoms with Gasteiger partial charge in [0.2, 0.25) is 0 Å². The van der Waals surface area contributed by atoms with Gasteiger partial charge in [-0.25, -0.2) is 4.79 Å². The molecule has 0 fully saturated rings. The van der Waals surface area contributed by atoms with E-state index in [1.165, 1.54) is 70.6 Å². The van der Waals surface area contributed by atoms with Crippen LogP contribution in [-0.4, -0.2) is 19.4 Å². The minimum atomic E-state index is -0.289. The molecule has 0 atom stereocenters. The molecule has 0 aromatic carbocycles. The lowest BCUT2D eigenvalue weighted by molar-refractivity contribution is -0.150. The van der Waals surface area contributed by atoms with Crippen molar-refractivity contribution in [3.63, 3.8) is 0 Å². The summed E-state index contributed by atoms with van der Waals surface area (Å²) in [5, 5.41) is 0. The maximum Gasteiger partial charge on any atom is 0.335 e. The van der Waals surface area contributed by atoms with Gasteiger partial charge in [0, 0.05) is 5.57 Å². The second-order valence-corrected chi connectivity index (χ2v) is 6.77. The quantitative estimate of drug-likeness (QED) is 0.0902. The highest BCUT2D eigenvalue weighted by molar-refractivity contribution is 5.87. The molecule has 0 unspecified atom stereocenters. The van der Waals surface area contributed by atoms with Gasteiger partial charge in [-0.05, 0) is 19.8 Å². The molecule has 0 aliphatic heterocycles. The van der Waals surface area contributed by atoms with E-state index in [1.807, 2.05) is 6.08 Å². The maximum absolute atomic E-state index is 11.7. The first-order valence-electron chi connectivity index (χ1n) is 10.2. The number of ether oxygens (including phenoxy) is 2. The number of carbonyl (C=O) groups excluding carboxylic acids is 1. The zero-order chi connectivity index (χ0) is 18.6. The number of hydrogen-bond donors (Lipinski definition) is 0. The molecule has 0 aliphatic carbocycles. The lowest BCUT2D eigenvalue weighted by Gasteiger charge is -2.05. The highest BCUT2D eigenvalue weighted by Crippen LogP contribution is 2.13. The molecule has 0 heterocycles. The van der Waals surface area contributed by atoms with E-state index in [0.717, 1.165) is 12.8 Å².